The molecule has 0 N–H and O–H groups in total. The van der Waals surface area contributed by atoms with E-state index in [1.807, 2.05) is 12.3 Å². The van der Waals surface area contributed by atoms with Crippen LogP contribution in [0, 0.1) is 13.8 Å². The van der Waals surface area contributed by atoms with E-state index < -0.39 is 0 Å². The fraction of sp³-hybridized carbons (Fsp3) is 0.133. The molecule has 3 rings (SSSR count). The SMILES string of the molecule is Cc1cc(C)c2cnc3ccccc3c2c1. The van der Waals surface area contributed by atoms with Crippen molar-refractivity contribution < 1.29 is 0 Å². The summed E-state index contributed by atoms with van der Waals surface area (Å²) < 4.78 is 0. The van der Waals surface area contributed by atoms with Gasteiger partial charge in [-0.2, -0.15) is 0 Å². The summed E-state index contributed by atoms with van der Waals surface area (Å²) in [5.41, 5.74) is 3.68. The Hall–Kier alpha value is -1.89. The van der Waals surface area contributed by atoms with Gasteiger partial charge >= 0.3 is 0 Å². The third-order valence-corrected chi connectivity index (χ3v) is 3.06. The Morgan fingerprint density at radius 2 is 1.69 bits per heavy atom. The number of rotatable bonds is 0. The number of pyridine rings is 1. The van der Waals surface area contributed by atoms with Crippen molar-refractivity contribution in [3.63, 3.8) is 0 Å². The van der Waals surface area contributed by atoms with Gasteiger partial charge in [0, 0.05) is 17.0 Å². The monoisotopic (exact) mass is 207 g/mol. The lowest BCUT2D eigenvalue weighted by Crippen LogP contribution is -1.86. The fourth-order valence-electron chi connectivity index (χ4n) is 2.32. The van der Waals surface area contributed by atoms with E-state index in [0.717, 1.165) is 5.52 Å². The Balaban J connectivity index is 2.59. The number of nitrogens with zero attached hydrogens (tertiary/aromatic N) is 1. The van der Waals surface area contributed by atoms with E-state index in [9.17, 15) is 0 Å². The quantitative estimate of drug-likeness (QED) is 0.508. The number of para-hydroxylation sites is 1. The van der Waals surface area contributed by atoms with Gasteiger partial charge in [-0.1, -0.05) is 35.9 Å². The summed E-state index contributed by atoms with van der Waals surface area (Å²) >= 11 is 0. The molecule has 0 bridgehead atoms. The Labute approximate surface area is 94.7 Å². The van der Waals surface area contributed by atoms with Gasteiger partial charge in [0.1, 0.15) is 0 Å². The molecule has 2 aromatic carbocycles. The van der Waals surface area contributed by atoms with Gasteiger partial charge in [-0.15, -0.1) is 0 Å². The highest BCUT2D eigenvalue weighted by molar-refractivity contribution is 6.06. The second-order valence-corrected chi connectivity index (χ2v) is 4.32. The van der Waals surface area contributed by atoms with Crippen LogP contribution in [0.25, 0.3) is 21.7 Å². The Morgan fingerprint density at radius 3 is 2.56 bits per heavy atom. The van der Waals surface area contributed by atoms with Crippen molar-refractivity contribution in [1.82, 2.24) is 4.98 Å². The summed E-state index contributed by atoms with van der Waals surface area (Å²) in [5, 5.41) is 3.80. The minimum atomic E-state index is 1.07. The molecule has 1 heterocycles. The molecule has 78 valence electrons. The lowest BCUT2D eigenvalue weighted by Gasteiger charge is -2.07. The molecule has 0 saturated heterocycles. The van der Waals surface area contributed by atoms with Crippen LogP contribution in [-0.2, 0) is 0 Å². The molecule has 1 heteroatoms. The van der Waals surface area contributed by atoms with E-state index in [4.69, 9.17) is 0 Å². The molecular formula is C15H13N. The first kappa shape index (κ1) is 9.34. The predicted molar refractivity (Wildman–Crippen MR) is 68.7 cm³/mol. The number of hydrogen-bond donors (Lipinski definition) is 0. The van der Waals surface area contributed by atoms with Crippen LogP contribution in [-0.4, -0.2) is 4.98 Å². The molecule has 0 unspecified atom stereocenters. The van der Waals surface area contributed by atoms with Gasteiger partial charge in [0.15, 0.2) is 0 Å². The van der Waals surface area contributed by atoms with Crippen molar-refractivity contribution in [2.24, 2.45) is 0 Å². The first-order valence-electron chi connectivity index (χ1n) is 5.50. The highest BCUT2D eigenvalue weighted by Crippen LogP contribution is 2.26. The lowest BCUT2D eigenvalue weighted by atomic mass is 10.0. The third kappa shape index (κ3) is 1.28. The zero-order valence-corrected chi connectivity index (χ0v) is 9.49. The Morgan fingerprint density at radius 1 is 0.875 bits per heavy atom. The largest absolute Gasteiger partial charge is 0.256 e. The van der Waals surface area contributed by atoms with Crippen LogP contribution in [0.5, 0.6) is 0 Å². The van der Waals surface area contributed by atoms with E-state index in [1.165, 1.54) is 27.3 Å². The Kier molecular flexibility index (Phi) is 1.93. The highest BCUT2D eigenvalue weighted by atomic mass is 14.6. The normalized spacial score (nSPS) is 11.1. The molecule has 0 fully saturated rings. The smallest absolute Gasteiger partial charge is 0.0708 e. The van der Waals surface area contributed by atoms with Crippen LogP contribution in [0.2, 0.25) is 0 Å². The van der Waals surface area contributed by atoms with Crippen LogP contribution in [0.3, 0.4) is 0 Å². The van der Waals surface area contributed by atoms with Gasteiger partial charge in [0.05, 0.1) is 5.52 Å². The number of aromatic nitrogens is 1. The summed E-state index contributed by atoms with van der Waals surface area (Å²) in [6, 6.07) is 12.8. The molecule has 0 aliphatic carbocycles. The molecule has 0 aliphatic heterocycles. The van der Waals surface area contributed by atoms with Crippen LogP contribution in [0.1, 0.15) is 11.1 Å². The van der Waals surface area contributed by atoms with Gasteiger partial charge in [-0.3, -0.25) is 4.98 Å². The number of benzene rings is 2. The molecule has 16 heavy (non-hydrogen) atoms. The highest BCUT2D eigenvalue weighted by Gasteiger charge is 2.03. The summed E-state index contributed by atoms with van der Waals surface area (Å²) in [7, 11) is 0. The van der Waals surface area contributed by atoms with Crippen LogP contribution >= 0.6 is 0 Å². The number of hydrogen-bond acceptors (Lipinski definition) is 1. The van der Waals surface area contributed by atoms with Crippen LogP contribution in [0.15, 0.2) is 42.6 Å². The molecule has 3 aromatic rings. The molecule has 0 radical (unpaired) electrons. The van der Waals surface area contributed by atoms with Gasteiger partial charge in [-0.05, 0) is 30.9 Å². The Bertz CT molecular complexity index is 683. The van der Waals surface area contributed by atoms with Crippen molar-refractivity contribution in [1.29, 1.82) is 0 Å². The number of aryl methyl sites for hydroxylation is 2. The summed E-state index contributed by atoms with van der Waals surface area (Å²) in [6.45, 7) is 4.29. The minimum Gasteiger partial charge on any atom is -0.256 e. The standard InChI is InChI=1S/C15H13N/c1-10-7-11(2)14-9-16-15-6-4-3-5-12(15)13(14)8-10/h3-9H,1-2H3. The predicted octanol–water partition coefficient (Wildman–Crippen LogP) is 4.00. The zero-order chi connectivity index (χ0) is 11.1. The average molecular weight is 207 g/mol. The van der Waals surface area contributed by atoms with Crippen LogP contribution in [0.4, 0.5) is 0 Å². The summed E-state index contributed by atoms with van der Waals surface area (Å²) in [4.78, 5) is 4.50. The zero-order valence-electron chi connectivity index (χ0n) is 9.49. The van der Waals surface area contributed by atoms with E-state index in [-0.39, 0.29) is 0 Å². The molecular weight excluding hydrogens is 194 g/mol. The first-order valence-corrected chi connectivity index (χ1v) is 5.50. The maximum Gasteiger partial charge on any atom is 0.0708 e. The van der Waals surface area contributed by atoms with Crippen molar-refractivity contribution in [3.05, 3.63) is 53.7 Å². The second-order valence-electron chi connectivity index (χ2n) is 4.32. The first-order chi connectivity index (χ1) is 7.75. The topological polar surface area (TPSA) is 12.9 Å². The number of fused-ring (bicyclic) bond motifs is 3. The van der Waals surface area contributed by atoms with Crippen molar-refractivity contribution >= 4 is 21.7 Å². The van der Waals surface area contributed by atoms with E-state index in [0.29, 0.717) is 0 Å². The minimum absolute atomic E-state index is 1.07. The summed E-state index contributed by atoms with van der Waals surface area (Å²) in [6.07, 6.45) is 1.98. The molecule has 0 amide bonds. The maximum absolute atomic E-state index is 4.50. The second kappa shape index (κ2) is 3.31. The van der Waals surface area contributed by atoms with Gasteiger partial charge in [-0.25, -0.2) is 0 Å². The maximum atomic E-state index is 4.50. The van der Waals surface area contributed by atoms with Crippen molar-refractivity contribution in [2.75, 3.05) is 0 Å². The third-order valence-electron chi connectivity index (χ3n) is 3.06. The molecule has 0 aliphatic rings. The molecule has 0 saturated carbocycles. The fourth-order valence-corrected chi connectivity index (χ4v) is 2.32. The molecule has 1 aromatic heterocycles. The van der Waals surface area contributed by atoms with Gasteiger partial charge in [0.2, 0.25) is 0 Å². The molecule has 0 spiro atoms. The van der Waals surface area contributed by atoms with Crippen molar-refractivity contribution in [2.45, 2.75) is 13.8 Å². The van der Waals surface area contributed by atoms with Gasteiger partial charge in [0.25, 0.3) is 0 Å². The average Bonchev–Trinajstić information content (AvgIpc) is 2.28. The molecule has 1 nitrogen and oxygen atoms in total. The molecule has 0 atom stereocenters. The van der Waals surface area contributed by atoms with E-state index in [2.05, 4.69) is 49.2 Å². The lowest BCUT2D eigenvalue weighted by molar-refractivity contribution is 1.39. The van der Waals surface area contributed by atoms with E-state index in [1.54, 1.807) is 0 Å². The van der Waals surface area contributed by atoms with Gasteiger partial charge < -0.3 is 0 Å². The van der Waals surface area contributed by atoms with Crippen molar-refractivity contribution in [3.8, 4) is 0 Å². The van der Waals surface area contributed by atoms with Crippen LogP contribution < -0.4 is 0 Å². The van der Waals surface area contributed by atoms with E-state index >= 15 is 0 Å². The summed E-state index contributed by atoms with van der Waals surface area (Å²) in [5.74, 6) is 0.